The molecule has 5 N–H and O–H groups in total. The molecule has 1 unspecified atom stereocenters. The van der Waals surface area contributed by atoms with Gasteiger partial charge in [0, 0.05) is 40.6 Å². The minimum atomic E-state index is -1.08. The molecule has 10 nitrogen and oxygen atoms in total. The molecule has 0 saturated carbocycles. The summed E-state index contributed by atoms with van der Waals surface area (Å²) < 4.78 is 10.8. The largest absolute Gasteiger partial charge is 0.595 e. The molecule has 0 bridgehead atoms. The number of allylic oxidation sites excluding steroid dienone is 2. The van der Waals surface area contributed by atoms with Crippen LogP contribution in [-0.2, 0) is 9.59 Å². The number of nitrogens with one attached hydrogen (secondary N) is 4. The van der Waals surface area contributed by atoms with Gasteiger partial charge in [0.2, 0.25) is 0 Å². The van der Waals surface area contributed by atoms with Crippen molar-refractivity contribution in [2.45, 2.75) is 19.8 Å². The smallest absolute Gasteiger partial charge is 0.254 e. The second-order valence-corrected chi connectivity index (χ2v) is 8.87. The number of hydrogen-bond acceptors (Lipinski definition) is 7. The molecule has 1 aliphatic rings. The second-order valence-electron chi connectivity index (χ2n) is 8.87. The van der Waals surface area contributed by atoms with Gasteiger partial charge < -0.3 is 30.6 Å². The number of dihydropyridines is 1. The van der Waals surface area contributed by atoms with Crippen LogP contribution in [0, 0.1) is 5.21 Å². The fraction of sp³-hybridized carbons (Fsp3) is 0.172. The average molecular weight is 531 g/mol. The van der Waals surface area contributed by atoms with Gasteiger partial charge in [-0.2, -0.15) is 5.23 Å². The molecular weight excluding hydrogens is 500 g/mol. The highest BCUT2D eigenvalue weighted by Gasteiger charge is 2.37. The third kappa shape index (κ3) is 5.78. The molecule has 39 heavy (non-hydrogen) atoms. The summed E-state index contributed by atoms with van der Waals surface area (Å²) >= 11 is 0. The Hall–Kier alpha value is -4.64. The van der Waals surface area contributed by atoms with E-state index in [9.17, 15) is 20.0 Å². The van der Waals surface area contributed by atoms with Crippen molar-refractivity contribution >= 4 is 28.9 Å². The van der Waals surface area contributed by atoms with E-state index in [1.807, 2.05) is 0 Å². The number of quaternary nitrogens is 1. The number of amides is 2. The zero-order valence-corrected chi connectivity index (χ0v) is 22.0. The SMILES string of the molecule is COc1ccccc1NC(=O)C1=C(C)NC(C)=C(C(=O)Nc2ccccc2OC)C1c1ccc([NH+]([O-])O)cc1. The Labute approximate surface area is 226 Å². The topological polar surface area (TPSA) is 136 Å². The van der Waals surface area contributed by atoms with Crippen molar-refractivity contribution in [3.8, 4) is 11.5 Å². The number of anilines is 2. The van der Waals surface area contributed by atoms with Gasteiger partial charge in [-0.05, 0) is 43.7 Å². The number of methoxy groups -OCH3 is 2. The molecule has 3 aromatic carbocycles. The molecular formula is C29H30N4O6. The molecule has 1 aliphatic heterocycles. The van der Waals surface area contributed by atoms with Crippen LogP contribution in [0.15, 0.2) is 95.3 Å². The summed E-state index contributed by atoms with van der Waals surface area (Å²) in [6.07, 6.45) is 0. The van der Waals surface area contributed by atoms with Gasteiger partial charge in [-0.1, -0.05) is 36.4 Å². The van der Waals surface area contributed by atoms with E-state index in [0.717, 1.165) is 0 Å². The quantitative estimate of drug-likeness (QED) is 0.281. The number of rotatable bonds is 8. The Morgan fingerprint density at radius 1 is 0.795 bits per heavy atom. The van der Waals surface area contributed by atoms with Crippen LogP contribution in [0.2, 0.25) is 0 Å². The molecule has 10 heteroatoms. The summed E-state index contributed by atoms with van der Waals surface area (Å²) in [5.74, 6) is -0.718. The molecule has 2 amide bonds. The molecule has 1 heterocycles. The highest BCUT2D eigenvalue weighted by Crippen LogP contribution is 2.40. The summed E-state index contributed by atoms with van der Waals surface area (Å²) in [5, 5.41) is 28.8. The molecule has 0 fully saturated rings. The second kappa shape index (κ2) is 11.8. The van der Waals surface area contributed by atoms with E-state index in [0.29, 0.717) is 51.0 Å². The van der Waals surface area contributed by atoms with Crippen molar-refractivity contribution in [3.05, 3.63) is 106 Å². The van der Waals surface area contributed by atoms with Crippen molar-refractivity contribution in [2.75, 3.05) is 24.9 Å². The van der Waals surface area contributed by atoms with Crippen LogP contribution in [0.5, 0.6) is 11.5 Å². The van der Waals surface area contributed by atoms with Gasteiger partial charge in [-0.3, -0.25) is 9.59 Å². The summed E-state index contributed by atoms with van der Waals surface area (Å²) in [6.45, 7) is 3.52. The van der Waals surface area contributed by atoms with Gasteiger partial charge in [-0.15, -0.1) is 0 Å². The Morgan fingerprint density at radius 2 is 1.23 bits per heavy atom. The standard InChI is InChI=1S/C29H30N4O6/c1-17-25(28(34)31-21-9-5-7-11-23(21)38-3)27(19-13-15-20(16-14-19)33(36)37)26(18(2)30-17)29(35)32-22-10-6-8-12-24(22)39-4/h5-16,27,30,33,36H,1-4H3,(H,31,34)(H,32,35). The van der Waals surface area contributed by atoms with E-state index >= 15 is 0 Å². The first-order valence-electron chi connectivity index (χ1n) is 12.2. The predicted octanol–water partition coefficient (Wildman–Crippen LogP) is 3.62. The number of benzene rings is 3. The Bertz CT molecular complexity index is 1360. The van der Waals surface area contributed by atoms with Crippen molar-refractivity contribution < 1.29 is 29.5 Å². The highest BCUT2D eigenvalue weighted by atomic mass is 16.8. The Morgan fingerprint density at radius 3 is 1.64 bits per heavy atom. The molecule has 3 aromatic rings. The van der Waals surface area contributed by atoms with Gasteiger partial charge in [0.1, 0.15) is 11.5 Å². The first-order valence-corrected chi connectivity index (χ1v) is 12.2. The maximum atomic E-state index is 13.8. The van der Waals surface area contributed by atoms with E-state index in [1.165, 1.54) is 26.4 Å². The van der Waals surface area contributed by atoms with E-state index in [-0.39, 0.29) is 5.69 Å². The number of carbonyl (C=O) groups is 2. The van der Waals surface area contributed by atoms with Crippen molar-refractivity contribution in [1.29, 1.82) is 0 Å². The number of para-hydroxylation sites is 4. The Kier molecular flexibility index (Phi) is 8.30. The molecule has 1 atom stereocenters. The molecule has 0 spiro atoms. The zero-order chi connectivity index (χ0) is 28.1. The van der Waals surface area contributed by atoms with Gasteiger partial charge in [0.25, 0.3) is 11.8 Å². The third-order valence-electron chi connectivity index (χ3n) is 6.45. The minimum Gasteiger partial charge on any atom is -0.595 e. The van der Waals surface area contributed by atoms with Crippen LogP contribution in [0.1, 0.15) is 25.3 Å². The lowest BCUT2D eigenvalue weighted by Gasteiger charge is -2.31. The normalized spacial score (nSPS) is 14.4. The monoisotopic (exact) mass is 530 g/mol. The molecule has 202 valence electrons. The third-order valence-corrected chi connectivity index (χ3v) is 6.45. The molecule has 0 aliphatic carbocycles. The van der Waals surface area contributed by atoms with E-state index in [1.54, 1.807) is 74.5 Å². The highest BCUT2D eigenvalue weighted by molar-refractivity contribution is 6.12. The molecule has 0 aromatic heterocycles. The first-order chi connectivity index (χ1) is 18.7. The summed E-state index contributed by atoms with van der Waals surface area (Å²) in [7, 11) is 3.02. The minimum absolute atomic E-state index is 0.0918. The van der Waals surface area contributed by atoms with Crippen LogP contribution in [-0.4, -0.2) is 31.2 Å². The van der Waals surface area contributed by atoms with Crippen molar-refractivity contribution in [3.63, 3.8) is 0 Å². The van der Waals surface area contributed by atoms with Gasteiger partial charge in [0.05, 0.1) is 25.6 Å². The van der Waals surface area contributed by atoms with Crippen molar-refractivity contribution in [2.24, 2.45) is 0 Å². The summed E-state index contributed by atoms with van der Waals surface area (Å²) in [6, 6.07) is 20.2. The maximum absolute atomic E-state index is 13.8. The van der Waals surface area contributed by atoms with Crippen LogP contribution < -0.4 is 30.7 Å². The van der Waals surface area contributed by atoms with Gasteiger partial charge in [-0.25, -0.2) is 5.21 Å². The lowest BCUT2D eigenvalue weighted by atomic mass is 9.79. The molecule has 4 rings (SSSR count). The van der Waals surface area contributed by atoms with E-state index in [4.69, 9.17) is 9.47 Å². The lowest BCUT2D eigenvalue weighted by Crippen LogP contribution is -2.99. The average Bonchev–Trinajstić information content (AvgIpc) is 2.93. The van der Waals surface area contributed by atoms with Crippen LogP contribution in [0.25, 0.3) is 0 Å². The van der Waals surface area contributed by atoms with E-state index in [2.05, 4.69) is 16.0 Å². The molecule has 0 saturated heterocycles. The number of hydrogen-bond donors (Lipinski definition) is 5. The van der Waals surface area contributed by atoms with Crippen LogP contribution >= 0.6 is 0 Å². The van der Waals surface area contributed by atoms with Gasteiger partial charge >= 0.3 is 0 Å². The van der Waals surface area contributed by atoms with Crippen LogP contribution in [0.4, 0.5) is 17.1 Å². The van der Waals surface area contributed by atoms with Crippen molar-refractivity contribution in [1.82, 2.24) is 5.32 Å². The van der Waals surface area contributed by atoms with E-state index < -0.39 is 23.0 Å². The zero-order valence-electron chi connectivity index (χ0n) is 22.0. The maximum Gasteiger partial charge on any atom is 0.254 e. The summed E-state index contributed by atoms with van der Waals surface area (Å²) in [4.78, 5) is 27.6. The number of carbonyl (C=O) groups excluding carboxylic acids is 2. The fourth-order valence-corrected chi connectivity index (χ4v) is 4.62. The lowest BCUT2D eigenvalue weighted by molar-refractivity contribution is -0.991. The summed E-state index contributed by atoms with van der Waals surface area (Å²) in [5.41, 5.74) is 3.33. The fourth-order valence-electron chi connectivity index (χ4n) is 4.62. The first kappa shape index (κ1) is 27.4. The van der Waals surface area contributed by atoms with Gasteiger partial charge in [0.15, 0.2) is 5.69 Å². The van der Waals surface area contributed by atoms with Crippen LogP contribution in [0.3, 0.4) is 0 Å². The molecule has 0 radical (unpaired) electrons. The number of ether oxygens (including phenoxy) is 2. The Balaban J connectivity index is 1.79. The predicted molar refractivity (Wildman–Crippen MR) is 147 cm³/mol.